The molecule has 1 amide bonds. The van der Waals surface area contributed by atoms with Gasteiger partial charge in [-0.3, -0.25) is 4.79 Å². The highest BCUT2D eigenvalue weighted by molar-refractivity contribution is 7.13. The van der Waals surface area contributed by atoms with E-state index in [1.165, 1.54) is 18.4 Å². The van der Waals surface area contributed by atoms with Crippen molar-refractivity contribution in [3.63, 3.8) is 0 Å². The van der Waals surface area contributed by atoms with Gasteiger partial charge in [-0.1, -0.05) is 30.3 Å². The summed E-state index contributed by atoms with van der Waals surface area (Å²) in [5, 5.41) is 5.78. The van der Waals surface area contributed by atoms with Crippen molar-refractivity contribution in [2.75, 3.05) is 30.4 Å². The van der Waals surface area contributed by atoms with Gasteiger partial charge in [-0.2, -0.15) is 0 Å². The molecule has 0 spiro atoms. The molecular formula is C23H23N3O3S. The standard InChI is InChI=1S/C23H23N3O3S/c1-29-23(28)17-9-10-20(26-11-5-6-12-26)19(13-17)25-21(27)14-18-15-30-22(24-18)16-7-3-2-4-8-16/h2-4,7-10,13,15H,5-6,11-12,14H2,1H3,(H,25,27). The normalized spacial score (nSPS) is 13.3. The molecule has 1 aromatic heterocycles. The van der Waals surface area contributed by atoms with Crippen molar-refractivity contribution in [2.24, 2.45) is 0 Å². The second kappa shape index (κ2) is 9.09. The molecular weight excluding hydrogens is 398 g/mol. The molecule has 7 heteroatoms. The molecule has 2 aromatic carbocycles. The molecule has 1 N–H and O–H groups in total. The van der Waals surface area contributed by atoms with Crippen LogP contribution in [0.4, 0.5) is 11.4 Å². The summed E-state index contributed by atoms with van der Waals surface area (Å²) < 4.78 is 4.83. The predicted molar refractivity (Wildman–Crippen MR) is 119 cm³/mol. The van der Waals surface area contributed by atoms with Gasteiger partial charge in [0.15, 0.2) is 0 Å². The Bertz CT molecular complexity index is 1040. The maximum atomic E-state index is 12.8. The third kappa shape index (κ3) is 4.52. The van der Waals surface area contributed by atoms with E-state index in [9.17, 15) is 9.59 Å². The molecule has 1 saturated heterocycles. The minimum absolute atomic E-state index is 0.164. The Morgan fingerprint density at radius 3 is 2.63 bits per heavy atom. The number of hydrogen-bond donors (Lipinski definition) is 1. The highest BCUT2D eigenvalue weighted by Crippen LogP contribution is 2.31. The van der Waals surface area contributed by atoms with E-state index in [0.717, 1.165) is 47.9 Å². The SMILES string of the molecule is COC(=O)c1ccc(N2CCCC2)c(NC(=O)Cc2csc(-c3ccccc3)n2)c1. The van der Waals surface area contributed by atoms with Crippen LogP contribution in [0.3, 0.4) is 0 Å². The number of carbonyl (C=O) groups excluding carboxylic acids is 2. The van der Waals surface area contributed by atoms with Gasteiger partial charge in [-0.25, -0.2) is 9.78 Å². The number of thiazole rings is 1. The molecule has 1 aliphatic heterocycles. The van der Waals surface area contributed by atoms with Crippen molar-refractivity contribution in [1.82, 2.24) is 4.98 Å². The number of anilines is 2. The molecule has 0 aliphatic carbocycles. The van der Waals surface area contributed by atoms with E-state index in [1.54, 1.807) is 12.1 Å². The number of nitrogens with one attached hydrogen (secondary N) is 1. The van der Waals surface area contributed by atoms with Crippen LogP contribution in [-0.4, -0.2) is 37.1 Å². The van der Waals surface area contributed by atoms with E-state index >= 15 is 0 Å². The number of esters is 1. The number of aromatic nitrogens is 1. The number of methoxy groups -OCH3 is 1. The van der Waals surface area contributed by atoms with Crippen LogP contribution >= 0.6 is 11.3 Å². The maximum Gasteiger partial charge on any atom is 0.337 e. The van der Waals surface area contributed by atoms with Crippen molar-refractivity contribution in [3.05, 3.63) is 65.2 Å². The van der Waals surface area contributed by atoms with Gasteiger partial charge in [0.2, 0.25) is 5.91 Å². The summed E-state index contributed by atoms with van der Waals surface area (Å²) in [6.45, 7) is 1.87. The second-order valence-corrected chi connectivity index (χ2v) is 8.01. The minimum atomic E-state index is -0.425. The molecule has 30 heavy (non-hydrogen) atoms. The Labute approximate surface area is 179 Å². The first-order valence-corrected chi connectivity index (χ1v) is 10.8. The van der Waals surface area contributed by atoms with Crippen molar-refractivity contribution in [3.8, 4) is 10.6 Å². The molecule has 0 saturated carbocycles. The highest BCUT2D eigenvalue weighted by atomic mass is 32.1. The lowest BCUT2D eigenvalue weighted by molar-refractivity contribution is -0.115. The number of rotatable bonds is 6. The average molecular weight is 422 g/mol. The molecule has 3 aromatic rings. The van der Waals surface area contributed by atoms with Gasteiger partial charge in [0.1, 0.15) is 5.01 Å². The first kappa shape index (κ1) is 20.1. The lowest BCUT2D eigenvalue weighted by Gasteiger charge is -2.22. The van der Waals surface area contributed by atoms with E-state index in [0.29, 0.717) is 11.3 Å². The van der Waals surface area contributed by atoms with Crippen LogP contribution in [0.2, 0.25) is 0 Å². The van der Waals surface area contributed by atoms with Gasteiger partial charge < -0.3 is 15.0 Å². The molecule has 0 bridgehead atoms. The Hall–Kier alpha value is -3.19. The van der Waals surface area contributed by atoms with Gasteiger partial charge in [0.25, 0.3) is 0 Å². The van der Waals surface area contributed by atoms with E-state index in [-0.39, 0.29) is 12.3 Å². The van der Waals surface area contributed by atoms with Crippen molar-refractivity contribution in [2.45, 2.75) is 19.3 Å². The summed E-state index contributed by atoms with van der Waals surface area (Å²) in [5.41, 5.74) is 3.73. The molecule has 1 fully saturated rings. The first-order chi connectivity index (χ1) is 14.6. The summed E-state index contributed by atoms with van der Waals surface area (Å²) in [4.78, 5) is 31.5. The van der Waals surface area contributed by atoms with Crippen molar-refractivity contribution in [1.29, 1.82) is 0 Å². The van der Waals surface area contributed by atoms with Gasteiger partial charge in [-0.15, -0.1) is 11.3 Å². The zero-order valence-corrected chi connectivity index (χ0v) is 17.6. The van der Waals surface area contributed by atoms with Crippen LogP contribution in [0.1, 0.15) is 28.9 Å². The van der Waals surface area contributed by atoms with Gasteiger partial charge in [-0.05, 0) is 31.0 Å². The summed E-state index contributed by atoms with van der Waals surface area (Å²) >= 11 is 1.52. The molecule has 0 radical (unpaired) electrons. The largest absolute Gasteiger partial charge is 0.465 e. The van der Waals surface area contributed by atoms with Crippen LogP contribution in [0, 0.1) is 0 Å². The molecule has 4 rings (SSSR count). The van der Waals surface area contributed by atoms with Gasteiger partial charge in [0.05, 0.1) is 36.2 Å². The molecule has 2 heterocycles. The molecule has 0 unspecified atom stereocenters. The van der Waals surface area contributed by atoms with Crippen molar-refractivity contribution >= 4 is 34.6 Å². The number of amides is 1. The monoisotopic (exact) mass is 421 g/mol. The Morgan fingerprint density at radius 1 is 1.13 bits per heavy atom. The van der Waals surface area contributed by atoms with Gasteiger partial charge in [0, 0.05) is 24.0 Å². The zero-order valence-electron chi connectivity index (χ0n) is 16.8. The first-order valence-electron chi connectivity index (χ1n) is 9.91. The highest BCUT2D eigenvalue weighted by Gasteiger charge is 2.19. The fraction of sp³-hybridized carbons (Fsp3) is 0.261. The van der Waals surface area contributed by atoms with E-state index in [1.807, 2.05) is 41.8 Å². The lowest BCUT2D eigenvalue weighted by Crippen LogP contribution is -2.22. The molecule has 6 nitrogen and oxygen atoms in total. The Morgan fingerprint density at radius 2 is 1.90 bits per heavy atom. The molecule has 0 atom stereocenters. The average Bonchev–Trinajstić information content (AvgIpc) is 3.46. The number of ether oxygens (including phenoxy) is 1. The van der Waals surface area contributed by atoms with Crippen molar-refractivity contribution < 1.29 is 14.3 Å². The van der Waals surface area contributed by atoms with Crippen LogP contribution in [0.5, 0.6) is 0 Å². The van der Waals surface area contributed by atoms with Crippen LogP contribution < -0.4 is 10.2 Å². The summed E-state index contributed by atoms with van der Waals surface area (Å²) in [7, 11) is 1.35. The second-order valence-electron chi connectivity index (χ2n) is 7.15. The van der Waals surface area contributed by atoms with Crippen LogP contribution in [0.15, 0.2) is 53.9 Å². The number of carbonyl (C=O) groups is 2. The number of nitrogens with zero attached hydrogens (tertiary/aromatic N) is 2. The summed E-state index contributed by atoms with van der Waals surface area (Å²) in [6.07, 6.45) is 2.41. The van der Waals surface area contributed by atoms with E-state index in [4.69, 9.17) is 4.74 Å². The minimum Gasteiger partial charge on any atom is -0.465 e. The van der Waals surface area contributed by atoms with E-state index in [2.05, 4.69) is 15.2 Å². The molecule has 1 aliphatic rings. The summed E-state index contributed by atoms with van der Waals surface area (Å²) in [5.74, 6) is -0.590. The van der Waals surface area contributed by atoms with E-state index < -0.39 is 5.97 Å². The zero-order chi connectivity index (χ0) is 20.9. The number of hydrogen-bond acceptors (Lipinski definition) is 6. The maximum absolute atomic E-state index is 12.8. The number of benzene rings is 2. The van der Waals surface area contributed by atoms with Gasteiger partial charge >= 0.3 is 5.97 Å². The lowest BCUT2D eigenvalue weighted by atomic mass is 10.1. The fourth-order valence-corrected chi connectivity index (χ4v) is 4.40. The molecule has 154 valence electrons. The topological polar surface area (TPSA) is 71.5 Å². The van der Waals surface area contributed by atoms with Crippen LogP contribution in [0.25, 0.3) is 10.6 Å². The van der Waals surface area contributed by atoms with Crippen LogP contribution in [-0.2, 0) is 16.0 Å². The Kier molecular flexibility index (Phi) is 6.09. The fourth-order valence-electron chi connectivity index (χ4n) is 3.58. The third-order valence-corrected chi connectivity index (χ3v) is 5.99. The smallest absolute Gasteiger partial charge is 0.337 e. The Balaban J connectivity index is 1.52. The third-order valence-electron chi connectivity index (χ3n) is 5.05. The predicted octanol–water partition coefficient (Wildman–Crippen LogP) is 4.38. The quantitative estimate of drug-likeness (QED) is 0.598. The summed E-state index contributed by atoms with van der Waals surface area (Å²) in [6, 6.07) is 15.2.